The number of fused-ring (bicyclic) bond motifs is 1. The van der Waals surface area contributed by atoms with Crippen LogP contribution >= 0.6 is 0 Å². The molecule has 0 saturated heterocycles. The van der Waals surface area contributed by atoms with Gasteiger partial charge in [-0.05, 0) is 52.4 Å². The zero-order chi connectivity index (χ0) is 14.6. The van der Waals surface area contributed by atoms with E-state index in [1.54, 1.807) is 18.2 Å². The van der Waals surface area contributed by atoms with E-state index in [-0.39, 0.29) is 17.5 Å². The zero-order valence-electron chi connectivity index (χ0n) is 12.4. The monoisotopic (exact) mass is 262 g/mol. The summed E-state index contributed by atoms with van der Waals surface area (Å²) in [4.78, 5) is 0. The first kappa shape index (κ1) is 15.5. The van der Waals surface area contributed by atoms with Gasteiger partial charge in [0.1, 0.15) is 11.6 Å². The summed E-state index contributed by atoms with van der Waals surface area (Å²) in [5.74, 6) is 0.346. The minimum Gasteiger partial charge on any atom is -0.508 e. The number of halogens is 1. The van der Waals surface area contributed by atoms with Gasteiger partial charge in [-0.15, -0.1) is 0 Å². The van der Waals surface area contributed by atoms with E-state index in [1.807, 2.05) is 20.8 Å². The van der Waals surface area contributed by atoms with E-state index in [2.05, 4.69) is 13.8 Å². The van der Waals surface area contributed by atoms with Crippen LogP contribution in [0, 0.1) is 5.82 Å². The number of phenolic OH excluding ortho intramolecular Hbond substituents is 1. The average molecular weight is 262 g/mol. The fourth-order valence-corrected chi connectivity index (χ4v) is 2.34. The van der Waals surface area contributed by atoms with Crippen LogP contribution in [0.1, 0.15) is 51.7 Å². The highest BCUT2D eigenvalue weighted by molar-refractivity contribution is 5.90. The second kappa shape index (κ2) is 6.55. The van der Waals surface area contributed by atoms with E-state index in [4.69, 9.17) is 0 Å². The van der Waals surface area contributed by atoms with Crippen molar-refractivity contribution >= 4 is 10.8 Å². The van der Waals surface area contributed by atoms with E-state index in [9.17, 15) is 9.50 Å². The van der Waals surface area contributed by atoms with E-state index in [0.29, 0.717) is 6.42 Å². The van der Waals surface area contributed by atoms with Gasteiger partial charge in [-0.2, -0.15) is 0 Å². The third kappa shape index (κ3) is 3.06. The molecule has 0 fully saturated rings. The highest BCUT2D eigenvalue weighted by Gasteiger charge is 2.13. The molecule has 19 heavy (non-hydrogen) atoms. The van der Waals surface area contributed by atoms with E-state index >= 15 is 0 Å². The molecule has 0 aliphatic heterocycles. The standard InChI is InChI=1S/C15H17FO.C2H6/c1-4-12-14(16)6-5-10-7-11(17)8-13(9(2)3)15(10)12;1-2/h5-9,17H,4H2,1-3H3;1-2H3. The molecule has 0 spiro atoms. The van der Waals surface area contributed by atoms with Gasteiger partial charge >= 0.3 is 0 Å². The second-order valence-electron chi connectivity index (χ2n) is 4.67. The molecule has 2 aromatic rings. The molecule has 0 bridgehead atoms. The van der Waals surface area contributed by atoms with Gasteiger partial charge in [0.05, 0.1) is 0 Å². The summed E-state index contributed by atoms with van der Waals surface area (Å²) in [5.41, 5.74) is 1.75. The molecular weight excluding hydrogens is 239 g/mol. The van der Waals surface area contributed by atoms with E-state index in [0.717, 1.165) is 21.9 Å². The van der Waals surface area contributed by atoms with E-state index in [1.165, 1.54) is 6.07 Å². The molecular formula is C17H23FO. The Morgan fingerprint density at radius 2 is 1.79 bits per heavy atom. The predicted octanol–water partition coefficient (Wildman–Crippen LogP) is 5.40. The molecule has 2 rings (SSSR count). The molecule has 0 aliphatic carbocycles. The largest absolute Gasteiger partial charge is 0.508 e. The van der Waals surface area contributed by atoms with Crippen molar-refractivity contribution in [3.8, 4) is 5.75 Å². The van der Waals surface area contributed by atoms with Gasteiger partial charge in [-0.3, -0.25) is 0 Å². The molecule has 0 aliphatic rings. The average Bonchev–Trinajstić information content (AvgIpc) is 2.40. The fraction of sp³-hybridized carbons (Fsp3) is 0.412. The number of benzene rings is 2. The van der Waals surface area contributed by atoms with Crippen molar-refractivity contribution < 1.29 is 9.50 Å². The van der Waals surface area contributed by atoms with Gasteiger partial charge in [0.2, 0.25) is 0 Å². The van der Waals surface area contributed by atoms with Crippen molar-refractivity contribution in [2.75, 3.05) is 0 Å². The minimum atomic E-state index is -0.160. The summed E-state index contributed by atoms with van der Waals surface area (Å²) in [6.45, 7) is 10.1. The molecule has 1 N–H and O–H groups in total. The number of hydrogen-bond donors (Lipinski definition) is 1. The highest BCUT2D eigenvalue weighted by Crippen LogP contribution is 2.33. The molecule has 104 valence electrons. The lowest BCUT2D eigenvalue weighted by molar-refractivity contribution is 0.475. The van der Waals surface area contributed by atoms with Crippen LogP contribution in [0.15, 0.2) is 24.3 Å². The summed E-state index contributed by atoms with van der Waals surface area (Å²) in [6.07, 6.45) is 0.660. The van der Waals surface area contributed by atoms with Gasteiger partial charge in [-0.25, -0.2) is 4.39 Å². The predicted molar refractivity (Wildman–Crippen MR) is 80.4 cm³/mol. The van der Waals surface area contributed by atoms with Crippen LogP contribution < -0.4 is 0 Å². The topological polar surface area (TPSA) is 20.2 Å². The maximum Gasteiger partial charge on any atom is 0.127 e. The lowest BCUT2D eigenvalue weighted by atomic mass is 9.91. The Morgan fingerprint density at radius 3 is 2.32 bits per heavy atom. The van der Waals surface area contributed by atoms with Crippen molar-refractivity contribution in [2.45, 2.75) is 47.0 Å². The molecule has 0 aromatic heterocycles. The summed E-state index contributed by atoms with van der Waals surface area (Å²) in [7, 11) is 0. The first-order valence-electron chi connectivity index (χ1n) is 6.98. The van der Waals surface area contributed by atoms with Crippen LogP contribution in [0.2, 0.25) is 0 Å². The third-order valence-corrected chi connectivity index (χ3v) is 3.16. The van der Waals surface area contributed by atoms with Gasteiger partial charge in [0.15, 0.2) is 0 Å². The Kier molecular flexibility index (Phi) is 5.34. The summed E-state index contributed by atoms with van der Waals surface area (Å²) in [5, 5.41) is 11.6. The molecule has 0 saturated carbocycles. The molecule has 0 heterocycles. The Bertz CT molecular complexity index is 559. The first-order valence-corrected chi connectivity index (χ1v) is 6.98. The SMILES string of the molecule is CC.CCc1c(F)ccc2cc(O)cc(C(C)C)c12. The van der Waals surface area contributed by atoms with Crippen molar-refractivity contribution in [1.82, 2.24) is 0 Å². The number of phenols is 1. The zero-order valence-corrected chi connectivity index (χ0v) is 12.4. The molecule has 0 amide bonds. The van der Waals surface area contributed by atoms with Gasteiger partial charge in [-0.1, -0.05) is 40.7 Å². The normalized spacial score (nSPS) is 10.5. The summed E-state index contributed by atoms with van der Waals surface area (Å²) < 4.78 is 13.8. The smallest absolute Gasteiger partial charge is 0.127 e. The minimum absolute atomic E-state index is 0.160. The third-order valence-electron chi connectivity index (χ3n) is 3.16. The van der Waals surface area contributed by atoms with Gasteiger partial charge in [0.25, 0.3) is 0 Å². The Morgan fingerprint density at radius 1 is 1.16 bits per heavy atom. The molecule has 0 unspecified atom stereocenters. The van der Waals surface area contributed by atoms with Crippen LogP contribution in [0.25, 0.3) is 10.8 Å². The van der Waals surface area contributed by atoms with Crippen LogP contribution in [0.3, 0.4) is 0 Å². The van der Waals surface area contributed by atoms with Crippen LogP contribution in [0.4, 0.5) is 4.39 Å². The quantitative estimate of drug-likeness (QED) is 0.768. The van der Waals surface area contributed by atoms with Crippen LogP contribution in [-0.2, 0) is 6.42 Å². The lowest BCUT2D eigenvalue weighted by Crippen LogP contribution is -1.96. The number of aromatic hydroxyl groups is 1. The molecule has 0 radical (unpaired) electrons. The molecule has 1 nitrogen and oxygen atoms in total. The Labute approximate surface area is 115 Å². The molecule has 0 atom stereocenters. The Hall–Kier alpha value is -1.57. The van der Waals surface area contributed by atoms with Crippen LogP contribution in [0.5, 0.6) is 5.75 Å². The maximum atomic E-state index is 13.8. The van der Waals surface area contributed by atoms with Gasteiger partial charge in [0, 0.05) is 0 Å². The number of hydrogen-bond acceptors (Lipinski definition) is 1. The number of aryl methyl sites for hydroxylation is 1. The fourth-order valence-electron chi connectivity index (χ4n) is 2.34. The summed E-state index contributed by atoms with van der Waals surface area (Å²) in [6, 6.07) is 6.64. The van der Waals surface area contributed by atoms with E-state index < -0.39 is 0 Å². The summed E-state index contributed by atoms with van der Waals surface area (Å²) >= 11 is 0. The maximum absolute atomic E-state index is 13.8. The lowest BCUT2D eigenvalue weighted by Gasteiger charge is -2.15. The molecule has 2 aromatic carbocycles. The van der Waals surface area contributed by atoms with Crippen molar-refractivity contribution in [3.05, 3.63) is 41.2 Å². The number of rotatable bonds is 2. The second-order valence-corrected chi connectivity index (χ2v) is 4.67. The van der Waals surface area contributed by atoms with Crippen molar-refractivity contribution in [2.24, 2.45) is 0 Å². The first-order chi connectivity index (χ1) is 9.04. The highest BCUT2D eigenvalue weighted by atomic mass is 19.1. The van der Waals surface area contributed by atoms with Crippen molar-refractivity contribution in [1.29, 1.82) is 0 Å². The Balaban J connectivity index is 0.000000861. The van der Waals surface area contributed by atoms with Crippen molar-refractivity contribution in [3.63, 3.8) is 0 Å². The molecule has 2 heteroatoms. The van der Waals surface area contributed by atoms with Crippen LogP contribution in [-0.4, -0.2) is 5.11 Å². The van der Waals surface area contributed by atoms with Gasteiger partial charge < -0.3 is 5.11 Å².